The molecule has 7 heteroatoms. The molecule has 16 heavy (non-hydrogen) atoms. The average Bonchev–Trinajstić information content (AvgIpc) is 2.84. The maximum atomic E-state index is 6.03. The van der Waals surface area contributed by atoms with Gasteiger partial charge in [0.2, 0.25) is 11.6 Å². The molecule has 3 aromatic heterocycles. The van der Waals surface area contributed by atoms with Gasteiger partial charge in [0, 0.05) is 6.07 Å². The Bertz CT molecular complexity index is 650. The zero-order valence-corrected chi connectivity index (χ0v) is 9.97. The van der Waals surface area contributed by atoms with Gasteiger partial charge in [-0.2, -0.15) is 0 Å². The first-order valence-corrected chi connectivity index (χ1v) is 5.85. The van der Waals surface area contributed by atoms with E-state index in [0.29, 0.717) is 21.1 Å². The Hall–Kier alpha value is -1.17. The molecule has 0 unspecified atom stereocenters. The van der Waals surface area contributed by atoms with Crippen LogP contribution in [0.15, 0.2) is 22.9 Å². The highest BCUT2D eigenvalue weighted by Gasteiger charge is 2.12. The predicted molar refractivity (Wildman–Crippen MR) is 62.9 cm³/mol. The van der Waals surface area contributed by atoms with Crippen molar-refractivity contribution in [2.24, 2.45) is 0 Å². The van der Waals surface area contributed by atoms with Crippen molar-refractivity contribution in [2.75, 3.05) is 0 Å². The number of hydrogen-bond acceptors (Lipinski definition) is 5. The van der Waals surface area contributed by atoms with Crippen molar-refractivity contribution in [3.8, 4) is 11.6 Å². The van der Waals surface area contributed by atoms with Crippen LogP contribution in [0.1, 0.15) is 0 Å². The lowest BCUT2D eigenvalue weighted by atomic mass is 10.4. The SMILES string of the molecule is Clc1cc2c(Cl)nc(-c3ccno3)nc2s1. The highest BCUT2D eigenvalue weighted by molar-refractivity contribution is 7.22. The smallest absolute Gasteiger partial charge is 0.204 e. The van der Waals surface area contributed by atoms with Crippen LogP contribution in [0, 0.1) is 0 Å². The molecule has 0 bridgehead atoms. The van der Waals surface area contributed by atoms with E-state index in [0.717, 1.165) is 10.2 Å². The second kappa shape index (κ2) is 3.69. The van der Waals surface area contributed by atoms with E-state index in [1.54, 1.807) is 12.1 Å². The van der Waals surface area contributed by atoms with Crippen molar-refractivity contribution < 1.29 is 4.52 Å². The third-order valence-corrected chi connectivity index (χ3v) is 3.42. The molecule has 0 aliphatic heterocycles. The molecule has 3 aromatic rings. The van der Waals surface area contributed by atoms with Gasteiger partial charge in [0.05, 0.1) is 15.9 Å². The molecule has 0 saturated heterocycles. The summed E-state index contributed by atoms with van der Waals surface area (Å²) >= 11 is 13.3. The molecule has 4 nitrogen and oxygen atoms in total. The molecule has 0 spiro atoms. The van der Waals surface area contributed by atoms with Crippen LogP contribution in [0.3, 0.4) is 0 Å². The predicted octanol–water partition coefficient (Wildman–Crippen LogP) is 3.65. The van der Waals surface area contributed by atoms with Gasteiger partial charge < -0.3 is 4.52 Å². The molecule has 0 aliphatic carbocycles. The van der Waals surface area contributed by atoms with E-state index in [2.05, 4.69) is 15.1 Å². The van der Waals surface area contributed by atoms with Gasteiger partial charge in [0.15, 0.2) is 0 Å². The third-order valence-electron chi connectivity index (χ3n) is 1.97. The van der Waals surface area contributed by atoms with E-state index in [-0.39, 0.29) is 0 Å². The Morgan fingerprint density at radius 3 is 2.88 bits per heavy atom. The van der Waals surface area contributed by atoms with Gasteiger partial charge in [-0.3, -0.25) is 0 Å². The third kappa shape index (κ3) is 1.57. The molecular formula is C9H3Cl2N3OS. The number of aromatic nitrogens is 3. The monoisotopic (exact) mass is 271 g/mol. The normalized spacial score (nSPS) is 11.1. The first-order valence-electron chi connectivity index (χ1n) is 4.27. The number of rotatable bonds is 1. The summed E-state index contributed by atoms with van der Waals surface area (Å²) in [6.07, 6.45) is 1.53. The average molecular weight is 272 g/mol. The summed E-state index contributed by atoms with van der Waals surface area (Å²) in [6, 6.07) is 3.42. The minimum absolute atomic E-state index is 0.361. The number of hydrogen-bond donors (Lipinski definition) is 0. The summed E-state index contributed by atoms with van der Waals surface area (Å²) in [4.78, 5) is 9.16. The number of halogens is 2. The zero-order valence-electron chi connectivity index (χ0n) is 7.65. The maximum absolute atomic E-state index is 6.03. The number of thiophene rings is 1. The number of nitrogens with zero attached hydrogens (tertiary/aromatic N) is 3. The van der Waals surface area contributed by atoms with E-state index in [9.17, 15) is 0 Å². The van der Waals surface area contributed by atoms with E-state index >= 15 is 0 Å². The van der Waals surface area contributed by atoms with Crippen LogP contribution < -0.4 is 0 Å². The highest BCUT2D eigenvalue weighted by Crippen LogP contribution is 2.33. The minimum Gasteiger partial charge on any atom is -0.353 e. The van der Waals surface area contributed by atoms with Crippen LogP contribution in [0.4, 0.5) is 0 Å². The van der Waals surface area contributed by atoms with Crippen LogP contribution >= 0.6 is 34.5 Å². The Kier molecular flexibility index (Phi) is 2.31. The Morgan fingerprint density at radius 2 is 2.12 bits per heavy atom. The van der Waals surface area contributed by atoms with E-state index in [1.165, 1.54) is 17.5 Å². The van der Waals surface area contributed by atoms with Crippen LogP contribution in [-0.2, 0) is 0 Å². The maximum Gasteiger partial charge on any atom is 0.204 e. The van der Waals surface area contributed by atoms with Crippen molar-refractivity contribution in [3.05, 3.63) is 27.8 Å². The fourth-order valence-corrected chi connectivity index (χ4v) is 2.67. The van der Waals surface area contributed by atoms with Gasteiger partial charge in [-0.1, -0.05) is 28.4 Å². The summed E-state index contributed by atoms with van der Waals surface area (Å²) < 4.78 is 5.59. The largest absolute Gasteiger partial charge is 0.353 e. The van der Waals surface area contributed by atoms with Crippen LogP contribution in [0.2, 0.25) is 9.49 Å². The first-order chi connectivity index (χ1) is 7.74. The van der Waals surface area contributed by atoms with Gasteiger partial charge in [-0.05, 0) is 6.07 Å². The van der Waals surface area contributed by atoms with Gasteiger partial charge in [-0.25, -0.2) is 9.97 Å². The Morgan fingerprint density at radius 1 is 1.25 bits per heavy atom. The molecule has 0 radical (unpaired) electrons. The van der Waals surface area contributed by atoms with Gasteiger partial charge in [0.25, 0.3) is 0 Å². The second-order valence-corrected chi connectivity index (χ2v) is 5.00. The quantitative estimate of drug-likeness (QED) is 0.634. The standard InChI is InChI=1S/C9H3Cl2N3OS/c10-6-3-4-7(11)13-8(14-9(4)16-6)5-1-2-12-15-5/h1-3H. The molecule has 0 N–H and O–H groups in total. The summed E-state index contributed by atoms with van der Waals surface area (Å²) in [5.74, 6) is 0.891. The summed E-state index contributed by atoms with van der Waals surface area (Å²) in [6.45, 7) is 0. The second-order valence-electron chi connectivity index (χ2n) is 2.98. The summed E-state index contributed by atoms with van der Waals surface area (Å²) in [5, 5.41) is 4.70. The van der Waals surface area contributed by atoms with Crippen molar-refractivity contribution in [1.29, 1.82) is 0 Å². The molecule has 0 atom stereocenters. The molecule has 3 heterocycles. The molecule has 0 amide bonds. The lowest BCUT2D eigenvalue weighted by Crippen LogP contribution is -1.87. The van der Waals surface area contributed by atoms with Gasteiger partial charge in [-0.15, -0.1) is 11.3 Å². The summed E-state index contributed by atoms with van der Waals surface area (Å²) in [5.41, 5.74) is 0. The highest BCUT2D eigenvalue weighted by atomic mass is 35.5. The Balaban J connectivity index is 2.28. The summed E-state index contributed by atoms with van der Waals surface area (Å²) in [7, 11) is 0. The molecule has 0 fully saturated rings. The fraction of sp³-hybridized carbons (Fsp3) is 0. The van der Waals surface area contributed by atoms with Crippen LogP contribution in [-0.4, -0.2) is 15.1 Å². The van der Waals surface area contributed by atoms with E-state index < -0.39 is 0 Å². The number of fused-ring (bicyclic) bond motifs is 1. The lowest BCUT2D eigenvalue weighted by Gasteiger charge is -1.96. The van der Waals surface area contributed by atoms with Gasteiger partial charge >= 0.3 is 0 Å². The van der Waals surface area contributed by atoms with E-state index in [1.807, 2.05) is 0 Å². The van der Waals surface area contributed by atoms with E-state index in [4.69, 9.17) is 27.7 Å². The zero-order chi connectivity index (χ0) is 11.1. The van der Waals surface area contributed by atoms with Crippen LogP contribution in [0.25, 0.3) is 21.8 Å². The molecule has 0 aliphatic rings. The van der Waals surface area contributed by atoms with Crippen molar-refractivity contribution in [3.63, 3.8) is 0 Å². The molecule has 80 valence electrons. The molecule has 3 rings (SSSR count). The fourth-order valence-electron chi connectivity index (χ4n) is 1.30. The lowest BCUT2D eigenvalue weighted by molar-refractivity contribution is 0.430. The molecule has 0 aromatic carbocycles. The first kappa shape index (κ1) is 10.0. The Labute approximate surface area is 104 Å². The molecule has 0 saturated carbocycles. The van der Waals surface area contributed by atoms with Crippen molar-refractivity contribution in [1.82, 2.24) is 15.1 Å². The van der Waals surface area contributed by atoms with Crippen molar-refractivity contribution >= 4 is 44.8 Å². The molecular weight excluding hydrogens is 269 g/mol. The van der Waals surface area contributed by atoms with Gasteiger partial charge in [0.1, 0.15) is 9.98 Å². The minimum atomic E-state index is 0.361. The topological polar surface area (TPSA) is 51.8 Å². The van der Waals surface area contributed by atoms with Crippen molar-refractivity contribution in [2.45, 2.75) is 0 Å². The van der Waals surface area contributed by atoms with Crippen LogP contribution in [0.5, 0.6) is 0 Å².